The molecule has 0 aliphatic rings. The van der Waals surface area contributed by atoms with Gasteiger partial charge in [-0.3, -0.25) is 0 Å². The van der Waals surface area contributed by atoms with Crippen molar-refractivity contribution < 1.29 is 22.7 Å². The van der Waals surface area contributed by atoms with Crippen molar-refractivity contribution in [2.75, 3.05) is 0 Å². The number of thiazole rings is 1. The van der Waals surface area contributed by atoms with Gasteiger partial charge < -0.3 is 9.52 Å². The molecule has 0 saturated heterocycles. The number of halogens is 3. The summed E-state index contributed by atoms with van der Waals surface area (Å²) in [5, 5.41) is 20.6. The second-order valence-corrected chi connectivity index (χ2v) is 8.14. The number of aryl methyl sites for hydroxylation is 1. The molecular formula is C20H17F3N4O3S. The summed E-state index contributed by atoms with van der Waals surface area (Å²) >= 11 is 1.46. The van der Waals surface area contributed by atoms with E-state index in [4.69, 9.17) is 4.42 Å². The molecule has 162 valence electrons. The number of fused-ring (bicyclic) bond motifs is 1. The van der Waals surface area contributed by atoms with E-state index in [0.717, 1.165) is 11.2 Å². The average molecular weight is 450 g/mol. The second kappa shape index (κ2) is 7.57. The van der Waals surface area contributed by atoms with Gasteiger partial charge in [-0.05, 0) is 25.0 Å². The molecule has 0 bridgehead atoms. The fourth-order valence-electron chi connectivity index (χ4n) is 3.28. The smallest absolute Gasteiger partial charge is 0.423 e. The highest BCUT2D eigenvalue weighted by Gasteiger charge is 2.55. The van der Waals surface area contributed by atoms with Gasteiger partial charge in [0.25, 0.3) is 0 Å². The van der Waals surface area contributed by atoms with Gasteiger partial charge in [-0.15, -0.1) is 16.4 Å². The van der Waals surface area contributed by atoms with Crippen LogP contribution in [0.5, 0.6) is 0 Å². The maximum atomic E-state index is 13.2. The molecule has 1 atom stereocenters. The molecule has 0 fully saturated rings. The Bertz CT molecular complexity index is 1310. The minimum absolute atomic E-state index is 0.0737. The van der Waals surface area contributed by atoms with E-state index in [0.29, 0.717) is 27.8 Å². The van der Waals surface area contributed by atoms with Crippen LogP contribution in [0.4, 0.5) is 13.2 Å². The summed E-state index contributed by atoms with van der Waals surface area (Å²) < 4.78 is 46.2. The number of rotatable bonds is 5. The third kappa shape index (κ3) is 3.86. The fraction of sp³-hybridized carbons (Fsp3) is 0.300. The van der Waals surface area contributed by atoms with Crippen LogP contribution >= 0.6 is 11.3 Å². The van der Waals surface area contributed by atoms with Gasteiger partial charge in [-0.25, -0.2) is 14.5 Å². The van der Waals surface area contributed by atoms with Crippen LogP contribution in [0.25, 0.3) is 22.2 Å². The molecule has 0 unspecified atom stereocenters. The zero-order valence-electron chi connectivity index (χ0n) is 16.5. The van der Waals surface area contributed by atoms with Crippen molar-refractivity contribution >= 4 is 22.3 Å². The lowest BCUT2D eigenvalue weighted by Gasteiger charge is -2.26. The minimum Gasteiger partial charge on any atom is -0.423 e. The Balaban J connectivity index is 1.68. The Morgan fingerprint density at radius 3 is 2.68 bits per heavy atom. The number of hydrogen-bond donors (Lipinski definition) is 1. The number of alkyl halides is 3. The number of hydrogen-bond acceptors (Lipinski definition) is 7. The Kier molecular flexibility index (Phi) is 5.18. The maximum absolute atomic E-state index is 13.2. The lowest BCUT2D eigenvalue weighted by molar-refractivity contribution is -0.269. The van der Waals surface area contributed by atoms with E-state index in [1.54, 1.807) is 18.2 Å². The summed E-state index contributed by atoms with van der Waals surface area (Å²) in [7, 11) is 0. The molecule has 0 saturated carbocycles. The first-order valence-corrected chi connectivity index (χ1v) is 10.2. The SMILES string of the molecule is CC[C@](O)(c1cn(Cc2ccc3c(-c4csc(C)n4)cc(=O)oc3c2)nn1)C(F)(F)F. The first kappa shape index (κ1) is 21.2. The third-order valence-corrected chi connectivity index (χ3v) is 5.76. The first-order valence-electron chi connectivity index (χ1n) is 9.29. The Morgan fingerprint density at radius 2 is 2.03 bits per heavy atom. The normalized spacial score (nSPS) is 14.1. The summed E-state index contributed by atoms with van der Waals surface area (Å²) in [4.78, 5) is 16.5. The molecule has 0 spiro atoms. The van der Waals surface area contributed by atoms with Crippen LogP contribution in [0.1, 0.15) is 29.6 Å². The van der Waals surface area contributed by atoms with E-state index in [9.17, 15) is 23.1 Å². The molecule has 3 aromatic heterocycles. The van der Waals surface area contributed by atoms with E-state index in [1.807, 2.05) is 12.3 Å². The van der Waals surface area contributed by atoms with E-state index in [2.05, 4.69) is 15.3 Å². The van der Waals surface area contributed by atoms with Gasteiger partial charge in [0.05, 0.1) is 23.4 Å². The van der Waals surface area contributed by atoms with Gasteiger partial charge in [0.1, 0.15) is 11.3 Å². The fourth-order valence-corrected chi connectivity index (χ4v) is 3.90. The van der Waals surface area contributed by atoms with Crippen LogP contribution in [0.2, 0.25) is 0 Å². The predicted molar refractivity (Wildman–Crippen MR) is 108 cm³/mol. The molecule has 1 N–H and O–H groups in total. The molecule has 0 aliphatic carbocycles. The molecule has 7 nitrogen and oxygen atoms in total. The largest absolute Gasteiger partial charge is 0.423 e. The van der Waals surface area contributed by atoms with Crippen LogP contribution in [0.15, 0.2) is 45.1 Å². The van der Waals surface area contributed by atoms with Crippen LogP contribution < -0.4 is 5.63 Å². The molecule has 0 radical (unpaired) electrons. The molecule has 3 heterocycles. The van der Waals surface area contributed by atoms with Crippen molar-refractivity contribution in [1.82, 2.24) is 20.0 Å². The van der Waals surface area contributed by atoms with Crippen molar-refractivity contribution in [2.24, 2.45) is 0 Å². The Morgan fingerprint density at radius 1 is 1.26 bits per heavy atom. The lowest BCUT2D eigenvalue weighted by atomic mass is 9.96. The summed E-state index contributed by atoms with van der Waals surface area (Å²) in [6.07, 6.45) is -4.40. The quantitative estimate of drug-likeness (QED) is 0.462. The topological polar surface area (TPSA) is 94.0 Å². The molecule has 1 aromatic carbocycles. The van der Waals surface area contributed by atoms with Gasteiger partial charge >= 0.3 is 11.8 Å². The van der Waals surface area contributed by atoms with Gasteiger partial charge in [-0.2, -0.15) is 13.2 Å². The van der Waals surface area contributed by atoms with Crippen LogP contribution in [0, 0.1) is 6.92 Å². The van der Waals surface area contributed by atoms with Crippen LogP contribution in [-0.4, -0.2) is 31.3 Å². The summed E-state index contributed by atoms with van der Waals surface area (Å²) in [5.74, 6) is 0. The molecule has 4 aromatic rings. The summed E-state index contributed by atoms with van der Waals surface area (Å²) in [6.45, 7) is 3.16. The highest BCUT2D eigenvalue weighted by atomic mass is 32.1. The molecule has 0 amide bonds. The van der Waals surface area contributed by atoms with Crippen molar-refractivity contribution in [3.05, 3.63) is 62.5 Å². The molecule has 0 aliphatic heterocycles. The van der Waals surface area contributed by atoms with Crippen molar-refractivity contribution in [3.8, 4) is 11.3 Å². The van der Waals surface area contributed by atoms with E-state index in [-0.39, 0.29) is 6.54 Å². The molecule has 31 heavy (non-hydrogen) atoms. The lowest BCUT2D eigenvalue weighted by Crippen LogP contribution is -2.42. The van der Waals surface area contributed by atoms with Crippen molar-refractivity contribution in [1.29, 1.82) is 0 Å². The number of aromatic nitrogens is 4. The average Bonchev–Trinajstić information content (AvgIpc) is 3.35. The summed E-state index contributed by atoms with van der Waals surface area (Å²) in [5.41, 5.74) is -1.91. The molecule has 11 heteroatoms. The summed E-state index contributed by atoms with van der Waals surface area (Å²) in [6, 6.07) is 6.51. The molecule has 4 rings (SSSR count). The number of nitrogens with zero attached hydrogens (tertiary/aromatic N) is 4. The zero-order chi connectivity index (χ0) is 22.4. The van der Waals surface area contributed by atoms with Gasteiger partial charge in [0.15, 0.2) is 0 Å². The van der Waals surface area contributed by atoms with E-state index >= 15 is 0 Å². The highest BCUT2D eigenvalue weighted by molar-refractivity contribution is 7.09. The van der Waals surface area contributed by atoms with E-state index < -0.39 is 29.5 Å². The second-order valence-electron chi connectivity index (χ2n) is 7.07. The minimum atomic E-state index is -4.88. The van der Waals surface area contributed by atoms with Crippen molar-refractivity contribution in [2.45, 2.75) is 38.6 Å². The van der Waals surface area contributed by atoms with Crippen LogP contribution in [0.3, 0.4) is 0 Å². The highest BCUT2D eigenvalue weighted by Crippen LogP contribution is 2.40. The van der Waals surface area contributed by atoms with Gasteiger partial charge in [0, 0.05) is 22.4 Å². The maximum Gasteiger partial charge on any atom is 0.423 e. The molecular weight excluding hydrogens is 433 g/mol. The standard InChI is InChI=1S/C20H17F3N4O3S/c1-3-19(29,20(21,22)23)17-9-27(26-25-17)8-12-4-5-13-14(15-10-31-11(2)24-15)7-18(28)30-16(13)6-12/h4-7,9-10,29H,3,8H2,1-2H3/t19-/m0/s1. The predicted octanol–water partition coefficient (Wildman–Crippen LogP) is 4.02. The third-order valence-electron chi connectivity index (χ3n) is 4.99. The van der Waals surface area contributed by atoms with Gasteiger partial charge in [-0.1, -0.05) is 24.3 Å². The first-order chi connectivity index (χ1) is 14.6. The van der Waals surface area contributed by atoms with Crippen molar-refractivity contribution in [3.63, 3.8) is 0 Å². The Hall–Kier alpha value is -3.05. The van der Waals surface area contributed by atoms with Crippen LogP contribution in [-0.2, 0) is 12.1 Å². The van der Waals surface area contributed by atoms with E-state index in [1.165, 1.54) is 29.0 Å². The zero-order valence-corrected chi connectivity index (χ0v) is 17.3. The monoisotopic (exact) mass is 450 g/mol. The van der Waals surface area contributed by atoms with Gasteiger partial charge in [0.2, 0.25) is 5.60 Å². The Labute approximate surface area is 177 Å². The number of aliphatic hydroxyl groups is 1. The number of benzene rings is 1.